The van der Waals surface area contributed by atoms with Gasteiger partial charge in [0.15, 0.2) is 0 Å². The Hall–Kier alpha value is -1.59. The van der Waals surface area contributed by atoms with E-state index in [1.54, 1.807) is 4.90 Å². The van der Waals surface area contributed by atoms with Crippen molar-refractivity contribution in [2.75, 3.05) is 37.7 Å². The Balaban J connectivity index is 1.90. The lowest BCUT2D eigenvalue weighted by Gasteiger charge is -2.36. The quantitative estimate of drug-likeness (QED) is 0.768. The number of anilines is 1. The van der Waals surface area contributed by atoms with Crippen LogP contribution in [-0.4, -0.2) is 54.7 Å². The fourth-order valence-corrected chi connectivity index (χ4v) is 2.14. The van der Waals surface area contributed by atoms with Crippen LogP contribution in [-0.2, 0) is 4.79 Å². The summed E-state index contributed by atoms with van der Waals surface area (Å²) in [5.74, 6) is -0.162. The highest BCUT2D eigenvalue weighted by molar-refractivity contribution is 5.82. The summed E-state index contributed by atoms with van der Waals surface area (Å²) in [4.78, 5) is 15.8. The number of carbonyl (C=O) groups is 1. The highest BCUT2D eigenvalue weighted by Crippen LogP contribution is 2.15. The van der Waals surface area contributed by atoms with Gasteiger partial charge in [0, 0.05) is 31.9 Å². The van der Waals surface area contributed by atoms with Crippen LogP contribution >= 0.6 is 0 Å². The zero-order valence-electron chi connectivity index (χ0n) is 10.3. The summed E-state index contributed by atoms with van der Waals surface area (Å²) in [5.41, 5.74) is 6.72. The zero-order valence-corrected chi connectivity index (χ0v) is 10.3. The van der Waals surface area contributed by atoms with Gasteiger partial charge in [0.2, 0.25) is 5.91 Å². The van der Waals surface area contributed by atoms with Crippen molar-refractivity contribution >= 4 is 11.6 Å². The van der Waals surface area contributed by atoms with Crippen LogP contribution in [0.1, 0.15) is 0 Å². The van der Waals surface area contributed by atoms with Gasteiger partial charge in [0.25, 0.3) is 0 Å². The Bertz CT molecular complexity index is 388. The molecule has 98 valence electrons. The Kier molecular flexibility index (Phi) is 4.17. The van der Waals surface area contributed by atoms with Gasteiger partial charge >= 0.3 is 0 Å². The smallest absolute Gasteiger partial charge is 0.241 e. The lowest BCUT2D eigenvalue weighted by atomic mass is 10.2. The molecule has 1 aromatic rings. The van der Waals surface area contributed by atoms with E-state index in [1.165, 1.54) is 5.69 Å². The first-order valence-electron chi connectivity index (χ1n) is 6.17. The molecule has 5 heteroatoms. The maximum absolute atomic E-state index is 11.8. The number of rotatable bonds is 3. The van der Waals surface area contributed by atoms with Crippen LogP contribution in [0.25, 0.3) is 0 Å². The Morgan fingerprint density at radius 1 is 1.22 bits per heavy atom. The molecule has 5 nitrogen and oxygen atoms in total. The molecule has 0 saturated carbocycles. The molecule has 1 amide bonds. The van der Waals surface area contributed by atoms with Crippen LogP contribution in [0.15, 0.2) is 30.3 Å². The van der Waals surface area contributed by atoms with Gasteiger partial charge in [0.05, 0.1) is 6.61 Å². The van der Waals surface area contributed by atoms with Crippen molar-refractivity contribution in [1.82, 2.24) is 4.90 Å². The molecule has 0 bridgehead atoms. The fraction of sp³-hybridized carbons (Fsp3) is 0.462. The van der Waals surface area contributed by atoms with E-state index in [9.17, 15) is 4.79 Å². The van der Waals surface area contributed by atoms with Gasteiger partial charge in [-0.15, -0.1) is 0 Å². The van der Waals surface area contributed by atoms with E-state index < -0.39 is 6.04 Å². The predicted molar refractivity (Wildman–Crippen MR) is 70.3 cm³/mol. The van der Waals surface area contributed by atoms with Crippen LogP contribution in [0, 0.1) is 0 Å². The number of para-hydroxylation sites is 1. The molecule has 0 aromatic heterocycles. The summed E-state index contributed by atoms with van der Waals surface area (Å²) < 4.78 is 0. The number of piperazine rings is 1. The summed E-state index contributed by atoms with van der Waals surface area (Å²) in [6, 6.07) is 9.36. The van der Waals surface area contributed by atoms with Crippen LogP contribution < -0.4 is 10.6 Å². The molecule has 18 heavy (non-hydrogen) atoms. The van der Waals surface area contributed by atoms with Crippen LogP contribution in [0.3, 0.4) is 0 Å². The van der Waals surface area contributed by atoms with E-state index in [-0.39, 0.29) is 12.5 Å². The lowest BCUT2D eigenvalue weighted by Crippen LogP contribution is -2.54. The van der Waals surface area contributed by atoms with Gasteiger partial charge in [-0.05, 0) is 12.1 Å². The maximum Gasteiger partial charge on any atom is 0.241 e. The zero-order chi connectivity index (χ0) is 13.0. The minimum absolute atomic E-state index is 0.162. The number of hydrogen-bond acceptors (Lipinski definition) is 4. The Morgan fingerprint density at radius 3 is 2.39 bits per heavy atom. The van der Waals surface area contributed by atoms with Crippen molar-refractivity contribution in [2.45, 2.75) is 6.04 Å². The minimum Gasteiger partial charge on any atom is -0.394 e. The first-order chi connectivity index (χ1) is 8.72. The first kappa shape index (κ1) is 12.9. The number of aliphatic hydroxyl groups is 1. The van der Waals surface area contributed by atoms with Gasteiger partial charge < -0.3 is 20.6 Å². The van der Waals surface area contributed by atoms with Gasteiger partial charge in [0.1, 0.15) is 6.04 Å². The molecule has 0 spiro atoms. The number of nitrogens with zero attached hydrogens (tertiary/aromatic N) is 2. The summed E-state index contributed by atoms with van der Waals surface area (Å²) >= 11 is 0. The van der Waals surface area contributed by atoms with Crippen molar-refractivity contribution in [3.63, 3.8) is 0 Å². The van der Waals surface area contributed by atoms with E-state index in [0.29, 0.717) is 13.1 Å². The van der Waals surface area contributed by atoms with E-state index in [2.05, 4.69) is 17.0 Å². The minimum atomic E-state index is -0.784. The maximum atomic E-state index is 11.8. The second-order valence-electron chi connectivity index (χ2n) is 4.44. The Morgan fingerprint density at radius 2 is 1.83 bits per heavy atom. The number of benzene rings is 1. The summed E-state index contributed by atoms with van der Waals surface area (Å²) in [7, 11) is 0. The summed E-state index contributed by atoms with van der Waals surface area (Å²) in [5, 5.41) is 8.88. The normalized spacial score (nSPS) is 17.7. The third kappa shape index (κ3) is 2.80. The second-order valence-corrected chi connectivity index (χ2v) is 4.44. The van der Waals surface area contributed by atoms with Crippen LogP contribution in [0.2, 0.25) is 0 Å². The third-order valence-corrected chi connectivity index (χ3v) is 3.23. The molecule has 2 rings (SSSR count). The molecule has 0 radical (unpaired) electrons. The van der Waals surface area contributed by atoms with Crippen molar-refractivity contribution in [2.24, 2.45) is 5.73 Å². The monoisotopic (exact) mass is 249 g/mol. The van der Waals surface area contributed by atoms with E-state index in [4.69, 9.17) is 10.8 Å². The van der Waals surface area contributed by atoms with Crippen molar-refractivity contribution in [3.05, 3.63) is 30.3 Å². The predicted octanol–water partition coefficient (Wildman–Crippen LogP) is -0.345. The van der Waals surface area contributed by atoms with E-state index in [1.807, 2.05) is 18.2 Å². The largest absolute Gasteiger partial charge is 0.394 e. The van der Waals surface area contributed by atoms with E-state index in [0.717, 1.165) is 13.1 Å². The summed E-state index contributed by atoms with van der Waals surface area (Å²) in [6.07, 6.45) is 0. The number of hydrogen-bond donors (Lipinski definition) is 2. The van der Waals surface area contributed by atoms with Gasteiger partial charge in [-0.1, -0.05) is 18.2 Å². The molecule has 1 unspecified atom stereocenters. The van der Waals surface area contributed by atoms with Crippen molar-refractivity contribution in [1.29, 1.82) is 0 Å². The number of aliphatic hydroxyl groups excluding tert-OH is 1. The summed E-state index contributed by atoms with van der Waals surface area (Å²) in [6.45, 7) is 2.61. The molecular formula is C13H19N3O2. The molecule has 3 N–H and O–H groups in total. The molecule has 1 aliphatic heterocycles. The van der Waals surface area contributed by atoms with Crippen molar-refractivity contribution in [3.8, 4) is 0 Å². The SMILES string of the molecule is NC(CO)C(=O)N1CCN(c2ccccc2)CC1. The highest BCUT2D eigenvalue weighted by atomic mass is 16.3. The third-order valence-electron chi connectivity index (χ3n) is 3.23. The molecular weight excluding hydrogens is 230 g/mol. The standard InChI is InChI=1S/C13H19N3O2/c14-12(10-17)13(18)16-8-6-15(7-9-16)11-4-2-1-3-5-11/h1-5,12,17H,6-10,14H2. The van der Waals surface area contributed by atoms with Crippen LogP contribution in [0.5, 0.6) is 0 Å². The van der Waals surface area contributed by atoms with E-state index >= 15 is 0 Å². The average molecular weight is 249 g/mol. The van der Waals surface area contributed by atoms with Crippen LogP contribution in [0.4, 0.5) is 5.69 Å². The number of nitrogens with two attached hydrogens (primary N) is 1. The molecule has 1 fully saturated rings. The molecule has 0 aliphatic carbocycles. The second kappa shape index (κ2) is 5.84. The fourth-order valence-electron chi connectivity index (χ4n) is 2.14. The number of amides is 1. The van der Waals surface area contributed by atoms with Crippen molar-refractivity contribution < 1.29 is 9.90 Å². The van der Waals surface area contributed by atoms with Gasteiger partial charge in [-0.3, -0.25) is 4.79 Å². The molecule has 1 saturated heterocycles. The van der Waals surface area contributed by atoms with Gasteiger partial charge in [-0.25, -0.2) is 0 Å². The topological polar surface area (TPSA) is 69.8 Å². The molecule has 1 aromatic carbocycles. The lowest BCUT2D eigenvalue weighted by molar-refractivity contribution is -0.133. The van der Waals surface area contributed by atoms with Gasteiger partial charge in [-0.2, -0.15) is 0 Å². The first-order valence-corrected chi connectivity index (χ1v) is 6.17. The molecule has 1 atom stereocenters. The Labute approximate surface area is 107 Å². The highest BCUT2D eigenvalue weighted by Gasteiger charge is 2.24. The molecule has 1 aliphatic rings. The number of carbonyl (C=O) groups excluding carboxylic acids is 1. The molecule has 1 heterocycles. The average Bonchev–Trinajstić information content (AvgIpc) is 2.47.